The summed E-state index contributed by atoms with van der Waals surface area (Å²) >= 11 is 1.72. The molecule has 0 amide bonds. The minimum absolute atomic E-state index is 0.727. The normalized spacial score (nSPS) is 12.3. The molecule has 21 heavy (non-hydrogen) atoms. The molecule has 1 N–H and O–H groups in total. The first kappa shape index (κ1) is 13.9. The van der Waals surface area contributed by atoms with Crippen LogP contribution >= 0.6 is 11.3 Å². The SMILES string of the molecule is C=CCNc1nc2c(s1)CCc1cc(OC)c(OC)cc1-2. The van der Waals surface area contributed by atoms with Gasteiger partial charge in [-0.15, -0.1) is 17.9 Å². The van der Waals surface area contributed by atoms with Gasteiger partial charge in [0, 0.05) is 17.0 Å². The molecule has 110 valence electrons. The van der Waals surface area contributed by atoms with Gasteiger partial charge in [0.05, 0.1) is 19.9 Å². The van der Waals surface area contributed by atoms with Gasteiger partial charge in [-0.1, -0.05) is 6.08 Å². The number of hydrogen-bond acceptors (Lipinski definition) is 5. The maximum atomic E-state index is 5.41. The number of benzene rings is 1. The van der Waals surface area contributed by atoms with E-state index < -0.39 is 0 Å². The Hall–Kier alpha value is -2.01. The van der Waals surface area contributed by atoms with Gasteiger partial charge >= 0.3 is 0 Å². The highest BCUT2D eigenvalue weighted by atomic mass is 32.1. The van der Waals surface area contributed by atoms with E-state index in [2.05, 4.69) is 18.0 Å². The number of anilines is 1. The summed E-state index contributed by atoms with van der Waals surface area (Å²) in [7, 11) is 3.32. The van der Waals surface area contributed by atoms with Gasteiger partial charge in [0.2, 0.25) is 0 Å². The van der Waals surface area contributed by atoms with Gasteiger partial charge in [-0.25, -0.2) is 4.98 Å². The van der Waals surface area contributed by atoms with Gasteiger partial charge in [0.15, 0.2) is 16.6 Å². The molecule has 0 aliphatic heterocycles. The highest BCUT2D eigenvalue weighted by Crippen LogP contribution is 2.42. The first-order chi connectivity index (χ1) is 10.3. The first-order valence-corrected chi connectivity index (χ1v) is 7.68. The van der Waals surface area contributed by atoms with Crippen LogP contribution < -0.4 is 14.8 Å². The fraction of sp³-hybridized carbons (Fsp3) is 0.312. The summed E-state index contributed by atoms with van der Waals surface area (Å²) in [6.07, 6.45) is 3.86. The zero-order valence-corrected chi connectivity index (χ0v) is 13.0. The van der Waals surface area contributed by atoms with Gasteiger partial charge < -0.3 is 14.8 Å². The molecule has 5 heteroatoms. The molecule has 4 nitrogen and oxygen atoms in total. The van der Waals surface area contributed by atoms with Crippen LogP contribution in [0.25, 0.3) is 11.3 Å². The molecule has 1 heterocycles. The van der Waals surface area contributed by atoms with E-state index in [4.69, 9.17) is 14.5 Å². The minimum Gasteiger partial charge on any atom is -0.493 e. The lowest BCUT2D eigenvalue weighted by molar-refractivity contribution is 0.354. The number of nitrogens with one attached hydrogen (secondary N) is 1. The van der Waals surface area contributed by atoms with Crippen molar-refractivity contribution in [1.29, 1.82) is 0 Å². The quantitative estimate of drug-likeness (QED) is 0.858. The van der Waals surface area contributed by atoms with Gasteiger partial charge in [-0.3, -0.25) is 0 Å². The molecular formula is C16H18N2O2S. The Morgan fingerprint density at radius 1 is 1.29 bits per heavy atom. The molecule has 0 unspecified atom stereocenters. The van der Waals surface area contributed by atoms with Crippen LogP contribution in [0.1, 0.15) is 10.4 Å². The Kier molecular flexibility index (Phi) is 3.84. The predicted octanol–water partition coefficient (Wildman–Crippen LogP) is 3.52. The summed E-state index contributed by atoms with van der Waals surface area (Å²) in [6, 6.07) is 4.09. The molecule has 0 saturated carbocycles. The third kappa shape index (κ3) is 2.49. The van der Waals surface area contributed by atoms with Crippen molar-refractivity contribution in [2.24, 2.45) is 0 Å². The Morgan fingerprint density at radius 3 is 2.76 bits per heavy atom. The minimum atomic E-state index is 0.727. The molecule has 1 aliphatic carbocycles. The number of nitrogens with zero attached hydrogens (tertiary/aromatic N) is 1. The second-order valence-corrected chi connectivity index (χ2v) is 5.91. The zero-order valence-electron chi connectivity index (χ0n) is 12.2. The van der Waals surface area contributed by atoms with Crippen molar-refractivity contribution in [1.82, 2.24) is 4.98 Å². The molecule has 0 radical (unpaired) electrons. The number of ether oxygens (including phenoxy) is 2. The number of thiazole rings is 1. The molecule has 0 spiro atoms. The van der Waals surface area contributed by atoms with Crippen molar-refractivity contribution >= 4 is 16.5 Å². The third-order valence-corrected chi connectivity index (χ3v) is 4.65. The van der Waals surface area contributed by atoms with E-state index in [1.165, 1.54) is 10.4 Å². The van der Waals surface area contributed by atoms with Crippen LogP contribution in [0.3, 0.4) is 0 Å². The molecule has 3 rings (SSSR count). The monoisotopic (exact) mass is 302 g/mol. The van der Waals surface area contributed by atoms with Crippen molar-refractivity contribution in [2.75, 3.05) is 26.1 Å². The van der Waals surface area contributed by atoms with Crippen molar-refractivity contribution in [3.05, 3.63) is 35.2 Å². The van der Waals surface area contributed by atoms with E-state index in [1.54, 1.807) is 25.6 Å². The van der Waals surface area contributed by atoms with Crippen LogP contribution in [-0.4, -0.2) is 25.7 Å². The second kappa shape index (κ2) is 5.77. The summed E-state index contributed by atoms with van der Waals surface area (Å²) in [5, 5.41) is 4.21. The van der Waals surface area contributed by atoms with Crippen LogP contribution in [-0.2, 0) is 12.8 Å². The maximum absolute atomic E-state index is 5.41. The van der Waals surface area contributed by atoms with Gasteiger partial charge in [0.1, 0.15) is 0 Å². The molecule has 0 bridgehead atoms. The molecular weight excluding hydrogens is 284 g/mol. The Labute approximate surface area is 128 Å². The molecule has 0 saturated heterocycles. The third-order valence-electron chi connectivity index (χ3n) is 3.58. The largest absolute Gasteiger partial charge is 0.493 e. The van der Waals surface area contributed by atoms with Gasteiger partial charge in [-0.05, 0) is 30.5 Å². The zero-order chi connectivity index (χ0) is 14.8. The summed E-state index contributed by atoms with van der Waals surface area (Å²) < 4.78 is 10.8. The van der Waals surface area contributed by atoms with Crippen LogP contribution in [0.15, 0.2) is 24.8 Å². The predicted molar refractivity (Wildman–Crippen MR) is 86.7 cm³/mol. The Balaban J connectivity index is 2.04. The lowest BCUT2D eigenvalue weighted by atomic mass is 9.93. The lowest BCUT2D eigenvalue weighted by Gasteiger charge is -2.18. The molecule has 1 aromatic carbocycles. The van der Waals surface area contributed by atoms with Gasteiger partial charge in [-0.2, -0.15) is 0 Å². The summed E-state index contributed by atoms with van der Waals surface area (Å²) in [6.45, 7) is 4.45. The van der Waals surface area contributed by atoms with Crippen LogP contribution in [0, 0.1) is 0 Å². The Bertz CT molecular complexity index is 679. The topological polar surface area (TPSA) is 43.4 Å². The average molecular weight is 302 g/mol. The molecule has 0 atom stereocenters. The number of hydrogen-bond donors (Lipinski definition) is 1. The van der Waals surface area contributed by atoms with E-state index >= 15 is 0 Å². The first-order valence-electron chi connectivity index (χ1n) is 6.86. The van der Waals surface area contributed by atoms with Crippen LogP contribution in [0.4, 0.5) is 5.13 Å². The van der Waals surface area contributed by atoms with Crippen molar-refractivity contribution in [3.63, 3.8) is 0 Å². The van der Waals surface area contributed by atoms with E-state index in [9.17, 15) is 0 Å². The van der Waals surface area contributed by atoms with E-state index in [0.29, 0.717) is 0 Å². The highest BCUT2D eigenvalue weighted by Gasteiger charge is 2.23. The van der Waals surface area contributed by atoms with Crippen LogP contribution in [0.5, 0.6) is 11.5 Å². The molecule has 2 aromatic rings. The van der Waals surface area contributed by atoms with Crippen molar-refractivity contribution in [2.45, 2.75) is 12.8 Å². The maximum Gasteiger partial charge on any atom is 0.183 e. The van der Waals surface area contributed by atoms with Gasteiger partial charge in [0.25, 0.3) is 0 Å². The molecule has 0 fully saturated rings. The fourth-order valence-electron chi connectivity index (χ4n) is 2.56. The van der Waals surface area contributed by atoms with E-state index in [-0.39, 0.29) is 0 Å². The number of fused-ring (bicyclic) bond motifs is 3. The number of aryl methyl sites for hydroxylation is 2. The fourth-order valence-corrected chi connectivity index (χ4v) is 3.55. The van der Waals surface area contributed by atoms with E-state index in [1.807, 2.05) is 12.1 Å². The van der Waals surface area contributed by atoms with Crippen molar-refractivity contribution in [3.8, 4) is 22.8 Å². The standard InChI is InChI=1S/C16H18N2O2S/c1-4-7-17-16-18-15-11-9-13(20-3)12(19-2)8-10(11)5-6-14(15)21-16/h4,8-9H,1,5-7H2,2-3H3,(H,17,18). The Morgan fingerprint density at radius 2 is 2.05 bits per heavy atom. The number of methoxy groups -OCH3 is 2. The molecule has 1 aliphatic rings. The summed E-state index contributed by atoms with van der Waals surface area (Å²) in [4.78, 5) is 6.04. The van der Waals surface area contributed by atoms with E-state index in [0.717, 1.165) is 47.3 Å². The lowest BCUT2D eigenvalue weighted by Crippen LogP contribution is -2.04. The summed E-state index contributed by atoms with van der Waals surface area (Å²) in [5.41, 5.74) is 3.48. The average Bonchev–Trinajstić information content (AvgIpc) is 2.94. The number of aromatic nitrogens is 1. The van der Waals surface area contributed by atoms with Crippen LogP contribution in [0.2, 0.25) is 0 Å². The second-order valence-electron chi connectivity index (χ2n) is 4.82. The number of rotatable bonds is 5. The molecule has 1 aromatic heterocycles. The summed E-state index contributed by atoms with van der Waals surface area (Å²) in [5.74, 6) is 1.53. The highest BCUT2D eigenvalue weighted by molar-refractivity contribution is 7.16. The smallest absolute Gasteiger partial charge is 0.183 e. The van der Waals surface area contributed by atoms with Crippen molar-refractivity contribution < 1.29 is 9.47 Å².